The number of rotatable bonds is 8. The lowest BCUT2D eigenvalue weighted by Gasteiger charge is -2.19. The zero-order valence-electron chi connectivity index (χ0n) is 19.4. The Bertz CT molecular complexity index is 1230. The van der Waals surface area contributed by atoms with Gasteiger partial charge in [0.1, 0.15) is 18.4 Å². The van der Waals surface area contributed by atoms with Crippen LogP contribution in [0.15, 0.2) is 66.7 Å². The van der Waals surface area contributed by atoms with Crippen molar-refractivity contribution in [3.05, 3.63) is 83.4 Å². The molecule has 0 fully saturated rings. The largest absolute Gasteiger partial charge is 0.495 e. The second kappa shape index (κ2) is 10.3. The fraction of sp³-hybridized carbons (Fsp3) is 0.222. The van der Waals surface area contributed by atoms with Crippen molar-refractivity contribution in [3.63, 3.8) is 0 Å². The van der Waals surface area contributed by atoms with Gasteiger partial charge in [-0.05, 0) is 46.9 Å². The molecular formula is C27H26N2O6. The third-order valence-electron chi connectivity index (χ3n) is 6.06. The average Bonchev–Trinajstić information content (AvgIpc) is 3.19. The normalized spacial score (nSPS) is 12.7. The van der Waals surface area contributed by atoms with Crippen LogP contribution in [-0.2, 0) is 9.53 Å². The van der Waals surface area contributed by atoms with Gasteiger partial charge in [-0.25, -0.2) is 9.59 Å². The second-order valence-corrected chi connectivity index (χ2v) is 8.14. The van der Waals surface area contributed by atoms with Crippen LogP contribution in [0.2, 0.25) is 0 Å². The number of ether oxygens (including phenoxy) is 2. The Morgan fingerprint density at radius 1 is 0.971 bits per heavy atom. The summed E-state index contributed by atoms with van der Waals surface area (Å²) in [4.78, 5) is 36.7. The molecule has 1 atom stereocenters. The van der Waals surface area contributed by atoms with Gasteiger partial charge in [0.05, 0.1) is 18.4 Å². The van der Waals surface area contributed by atoms with Crippen LogP contribution < -0.4 is 15.4 Å². The maximum Gasteiger partial charge on any atom is 0.407 e. The van der Waals surface area contributed by atoms with Crippen LogP contribution in [0.5, 0.6) is 5.75 Å². The lowest BCUT2D eigenvalue weighted by molar-refractivity contribution is -0.118. The van der Waals surface area contributed by atoms with E-state index < -0.39 is 24.0 Å². The molecule has 0 aliphatic heterocycles. The highest BCUT2D eigenvalue weighted by molar-refractivity contribution is 5.99. The highest BCUT2D eigenvalue weighted by atomic mass is 16.5. The molecule has 0 radical (unpaired) electrons. The number of benzene rings is 3. The number of carbonyl (C=O) groups excluding carboxylic acids is 2. The van der Waals surface area contributed by atoms with E-state index in [-0.39, 0.29) is 23.8 Å². The molecule has 0 saturated heterocycles. The molecule has 0 spiro atoms. The van der Waals surface area contributed by atoms with Crippen molar-refractivity contribution < 1.29 is 29.0 Å². The number of hydrogen-bond acceptors (Lipinski definition) is 5. The quantitative estimate of drug-likeness (QED) is 0.438. The lowest BCUT2D eigenvalue weighted by atomic mass is 9.98. The first-order valence-electron chi connectivity index (χ1n) is 11.3. The van der Waals surface area contributed by atoms with Crippen LogP contribution in [0.25, 0.3) is 11.1 Å². The number of alkyl carbamates (subject to hydrolysis) is 1. The molecule has 0 saturated carbocycles. The van der Waals surface area contributed by atoms with E-state index in [1.165, 1.54) is 25.3 Å². The number of carbonyl (C=O) groups is 3. The third kappa shape index (κ3) is 4.96. The van der Waals surface area contributed by atoms with Crippen molar-refractivity contribution in [3.8, 4) is 16.9 Å². The number of methoxy groups -OCH3 is 1. The second-order valence-electron chi connectivity index (χ2n) is 8.14. The van der Waals surface area contributed by atoms with Crippen LogP contribution >= 0.6 is 0 Å². The van der Waals surface area contributed by atoms with E-state index in [2.05, 4.69) is 22.8 Å². The summed E-state index contributed by atoms with van der Waals surface area (Å²) in [7, 11) is 1.41. The zero-order chi connectivity index (χ0) is 24.9. The number of carboxylic acids is 1. The van der Waals surface area contributed by atoms with E-state index in [1.54, 1.807) is 6.92 Å². The van der Waals surface area contributed by atoms with Gasteiger partial charge in [0.15, 0.2) is 0 Å². The molecule has 8 heteroatoms. The number of fused-ring (bicyclic) bond motifs is 3. The Morgan fingerprint density at radius 2 is 1.60 bits per heavy atom. The summed E-state index contributed by atoms with van der Waals surface area (Å²) in [5, 5.41) is 14.5. The summed E-state index contributed by atoms with van der Waals surface area (Å²) in [6, 6.07) is 19.3. The van der Waals surface area contributed by atoms with Gasteiger partial charge in [-0.3, -0.25) is 4.79 Å². The van der Waals surface area contributed by atoms with Crippen molar-refractivity contribution >= 4 is 23.7 Å². The fourth-order valence-electron chi connectivity index (χ4n) is 4.29. The molecule has 0 unspecified atom stereocenters. The minimum absolute atomic E-state index is 0.00126. The number of hydrogen-bond donors (Lipinski definition) is 3. The molecule has 3 aromatic rings. The topological polar surface area (TPSA) is 114 Å². The van der Waals surface area contributed by atoms with Crippen LogP contribution in [-0.4, -0.2) is 42.8 Å². The summed E-state index contributed by atoms with van der Waals surface area (Å²) in [6.45, 7) is 1.88. The Hall–Kier alpha value is -4.33. The monoisotopic (exact) mass is 474 g/mol. The Balaban J connectivity index is 1.41. The van der Waals surface area contributed by atoms with Gasteiger partial charge in [0.2, 0.25) is 5.91 Å². The molecule has 4 rings (SSSR count). The Morgan fingerprint density at radius 3 is 2.17 bits per heavy atom. The standard InChI is InChI=1S/C27H26N2O6/c1-3-22(25(30)28-23-14-16(26(31)32)12-13-24(23)34-2)29-27(33)35-15-21-19-10-6-4-8-17(19)18-9-5-7-11-20(18)21/h4-14,21-22H,3,15H2,1-2H3,(H,28,30)(H,29,33)(H,31,32)/t22-/m0/s1. The fourth-order valence-corrected chi connectivity index (χ4v) is 4.29. The first kappa shape index (κ1) is 23.8. The first-order valence-corrected chi connectivity index (χ1v) is 11.3. The molecule has 35 heavy (non-hydrogen) atoms. The molecule has 3 N–H and O–H groups in total. The molecular weight excluding hydrogens is 448 g/mol. The molecule has 180 valence electrons. The molecule has 0 bridgehead atoms. The summed E-state index contributed by atoms with van der Waals surface area (Å²) in [6.07, 6.45) is -0.406. The van der Waals surface area contributed by atoms with Crippen molar-refractivity contribution in [1.82, 2.24) is 5.32 Å². The Labute approximate surface area is 202 Å². The lowest BCUT2D eigenvalue weighted by Crippen LogP contribution is -2.43. The summed E-state index contributed by atoms with van der Waals surface area (Å²) >= 11 is 0. The van der Waals surface area contributed by atoms with Crippen LogP contribution in [0.4, 0.5) is 10.5 Å². The van der Waals surface area contributed by atoms with Gasteiger partial charge >= 0.3 is 12.1 Å². The molecule has 0 aromatic heterocycles. The smallest absolute Gasteiger partial charge is 0.407 e. The summed E-state index contributed by atoms with van der Waals surface area (Å²) in [5.74, 6) is -1.43. The summed E-state index contributed by atoms with van der Waals surface area (Å²) < 4.78 is 10.7. The van der Waals surface area contributed by atoms with Crippen LogP contribution in [0, 0.1) is 0 Å². The van der Waals surface area contributed by atoms with Gasteiger partial charge in [-0.15, -0.1) is 0 Å². The van der Waals surface area contributed by atoms with E-state index in [1.807, 2.05) is 36.4 Å². The molecule has 0 heterocycles. The van der Waals surface area contributed by atoms with E-state index in [4.69, 9.17) is 9.47 Å². The van der Waals surface area contributed by atoms with E-state index in [0.29, 0.717) is 12.2 Å². The molecule has 3 aromatic carbocycles. The summed E-state index contributed by atoms with van der Waals surface area (Å²) in [5.41, 5.74) is 4.64. The van der Waals surface area contributed by atoms with Crippen LogP contribution in [0.1, 0.15) is 40.7 Å². The predicted molar refractivity (Wildman–Crippen MR) is 131 cm³/mol. The molecule has 2 amide bonds. The maximum atomic E-state index is 12.8. The van der Waals surface area contributed by atoms with Crippen molar-refractivity contribution in [2.45, 2.75) is 25.3 Å². The van der Waals surface area contributed by atoms with Gasteiger partial charge < -0.3 is 25.2 Å². The Kier molecular flexibility index (Phi) is 7.01. The highest BCUT2D eigenvalue weighted by Crippen LogP contribution is 2.44. The highest BCUT2D eigenvalue weighted by Gasteiger charge is 2.29. The maximum absolute atomic E-state index is 12.8. The minimum atomic E-state index is -1.13. The van der Waals surface area contributed by atoms with E-state index in [0.717, 1.165) is 22.3 Å². The SMILES string of the molecule is CC[C@H](NC(=O)OCC1c2ccccc2-c2ccccc21)C(=O)Nc1cc(C(=O)O)ccc1OC. The van der Waals surface area contributed by atoms with Gasteiger partial charge in [0, 0.05) is 5.92 Å². The van der Waals surface area contributed by atoms with Gasteiger partial charge in [-0.1, -0.05) is 55.5 Å². The number of amides is 2. The third-order valence-corrected chi connectivity index (χ3v) is 6.06. The minimum Gasteiger partial charge on any atom is -0.495 e. The van der Waals surface area contributed by atoms with Gasteiger partial charge in [-0.2, -0.15) is 0 Å². The molecule has 1 aliphatic rings. The van der Waals surface area contributed by atoms with E-state index in [9.17, 15) is 19.5 Å². The number of anilines is 1. The first-order chi connectivity index (χ1) is 16.9. The number of aromatic carboxylic acids is 1. The predicted octanol–water partition coefficient (Wildman–Crippen LogP) is 4.65. The van der Waals surface area contributed by atoms with Crippen molar-refractivity contribution in [1.29, 1.82) is 0 Å². The zero-order valence-corrected chi connectivity index (χ0v) is 19.4. The van der Waals surface area contributed by atoms with Gasteiger partial charge in [0.25, 0.3) is 0 Å². The molecule has 8 nitrogen and oxygen atoms in total. The number of nitrogens with one attached hydrogen (secondary N) is 2. The molecule has 1 aliphatic carbocycles. The van der Waals surface area contributed by atoms with Crippen LogP contribution in [0.3, 0.4) is 0 Å². The van der Waals surface area contributed by atoms with E-state index >= 15 is 0 Å². The van der Waals surface area contributed by atoms with Crippen molar-refractivity contribution in [2.24, 2.45) is 0 Å². The van der Waals surface area contributed by atoms with Crippen molar-refractivity contribution in [2.75, 3.05) is 19.0 Å². The number of carboxylic acid groups (broad SMARTS) is 1. The average molecular weight is 475 g/mol.